The first-order chi connectivity index (χ1) is 12.8. The van der Waals surface area contributed by atoms with E-state index in [2.05, 4.69) is 21.4 Å². The molecule has 2 aromatic rings. The van der Waals surface area contributed by atoms with Gasteiger partial charge in [0.1, 0.15) is 5.82 Å². The van der Waals surface area contributed by atoms with E-state index in [4.69, 9.17) is 0 Å². The number of hydrogen-bond donors (Lipinski definition) is 3. The number of H-pyrrole nitrogens is 1. The molecule has 0 bridgehead atoms. The van der Waals surface area contributed by atoms with E-state index in [9.17, 15) is 14.7 Å². The summed E-state index contributed by atoms with van der Waals surface area (Å²) in [4.78, 5) is 33.5. The number of piperidine rings is 1. The molecule has 2 heterocycles. The van der Waals surface area contributed by atoms with Gasteiger partial charge in [0.05, 0.1) is 11.0 Å². The van der Waals surface area contributed by atoms with E-state index < -0.39 is 5.97 Å². The number of hydrogen-bond acceptors (Lipinski definition) is 3. The minimum Gasteiger partial charge on any atom is -0.481 e. The minimum atomic E-state index is -0.787. The van der Waals surface area contributed by atoms with Crippen LogP contribution in [0.4, 0.5) is 4.79 Å². The molecule has 1 saturated heterocycles. The highest BCUT2D eigenvalue weighted by Crippen LogP contribution is 2.29. The van der Waals surface area contributed by atoms with Crippen LogP contribution in [0.3, 0.4) is 0 Å². The largest absolute Gasteiger partial charge is 0.481 e. The number of nitrogens with one attached hydrogen (secondary N) is 2. The molecule has 0 saturated carbocycles. The molecule has 0 spiro atoms. The fourth-order valence-electron chi connectivity index (χ4n) is 3.85. The molecule has 2 atom stereocenters. The second-order valence-electron chi connectivity index (χ2n) is 7.87. The number of likely N-dealkylation sites (tertiary alicyclic amines) is 1. The molecule has 7 heteroatoms. The Morgan fingerprint density at radius 3 is 2.85 bits per heavy atom. The van der Waals surface area contributed by atoms with Crippen LogP contribution in [-0.2, 0) is 11.2 Å². The van der Waals surface area contributed by atoms with Crippen molar-refractivity contribution >= 4 is 23.0 Å². The van der Waals surface area contributed by atoms with Crippen LogP contribution in [0.5, 0.6) is 0 Å². The highest BCUT2D eigenvalue weighted by molar-refractivity contribution is 5.76. The molecule has 146 valence electrons. The standard InChI is InChI=1S/C20H28N4O3/c1-12(2)21-20(27)24-7-6-14(10-19(25)26)15(11-24)9-18-22-16-5-4-13(3)8-17(16)23-18/h4-5,8,12,14-15H,6-7,9-11H2,1-3H3,(H,21,27)(H,22,23)(H,25,26)/t14-,15-/m0/s1. The smallest absolute Gasteiger partial charge is 0.317 e. The van der Waals surface area contributed by atoms with Crippen molar-refractivity contribution in [2.24, 2.45) is 11.8 Å². The number of aromatic nitrogens is 2. The summed E-state index contributed by atoms with van der Waals surface area (Å²) >= 11 is 0. The predicted molar refractivity (Wildman–Crippen MR) is 104 cm³/mol. The van der Waals surface area contributed by atoms with Gasteiger partial charge in [0.15, 0.2) is 0 Å². The van der Waals surface area contributed by atoms with Gasteiger partial charge >= 0.3 is 12.0 Å². The van der Waals surface area contributed by atoms with Gasteiger partial charge in [0.2, 0.25) is 0 Å². The quantitative estimate of drug-likeness (QED) is 0.751. The van der Waals surface area contributed by atoms with Gasteiger partial charge < -0.3 is 20.3 Å². The number of carbonyl (C=O) groups excluding carboxylic acids is 1. The minimum absolute atomic E-state index is 0.0422. The Morgan fingerprint density at radius 1 is 1.37 bits per heavy atom. The number of imidazole rings is 1. The van der Waals surface area contributed by atoms with Gasteiger partial charge in [-0.15, -0.1) is 0 Å². The summed E-state index contributed by atoms with van der Waals surface area (Å²) in [6.45, 7) is 7.04. The summed E-state index contributed by atoms with van der Waals surface area (Å²) in [5.74, 6) is 0.169. The third-order valence-corrected chi connectivity index (χ3v) is 5.17. The van der Waals surface area contributed by atoms with E-state index >= 15 is 0 Å². The Morgan fingerprint density at radius 2 is 2.15 bits per heavy atom. The molecule has 1 aromatic heterocycles. The zero-order valence-electron chi connectivity index (χ0n) is 16.2. The lowest BCUT2D eigenvalue weighted by atomic mass is 9.81. The SMILES string of the molecule is Cc1ccc2nc(C[C@H]3CN(C(=O)NC(C)C)CC[C@H]3CC(=O)O)[nH]c2c1. The lowest BCUT2D eigenvalue weighted by Crippen LogP contribution is -2.50. The average molecular weight is 372 g/mol. The van der Waals surface area contributed by atoms with Crippen molar-refractivity contribution in [3.63, 3.8) is 0 Å². The molecule has 0 aliphatic carbocycles. The first-order valence-electron chi connectivity index (χ1n) is 9.54. The number of benzene rings is 1. The Balaban J connectivity index is 1.77. The second-order valence-corrected chi connectivity index (χ2v) is 7.87. The second kappa shape index (κ2) is 7.98. The zero-order valence-corrected chi connectivity index (χ0v) is 16.2. The van der Waals surface area contributed by atoms with Gasteiger partial charge in [-0.1, -0.05) is 6.07 Å². The van der Waals surface area contributed by atoms with Crippen LogP contribution in [0.25, 0.3) is 11.0 Å². The number of aromatic amines is 1. The molecule has 0 unspecified atom stereocenters. The topological polar surface area (TPSA) is 98.3 Å². The first kappa shape index (κ1) is 19.2. The molecule has 3 N–H and O–H groups in total. The molecule has 1 aliphatic rings. The third kappa shape index (κ3) is 4.78. The van der Waals surface area contributed by atoms with Crippen molar-refractivity contribution in [3.05, 3.63) is 29.6 Å². The summed E-state index contributed by atoms with van der Waals surface area (Å²) < 4.78 is 0. The van der Waals surface area contributed by atoms with Crippen LogP contribution in [0.15, 0.2) is 18.2 Å². The molecule has 2 amide bonds. The van der Waals surface area contributed by atoms with Crippen molar-refractivity contribution in [1.82, 2.24) is 20.2 Å². The normalized spacial score (nSPS) is 20.2. The Labute approximate surface area is 159 Å². The van der Waals surface area contributed by atoms with Crippen molar-refractivity contribution < 1.29 is 14.7 Å². The summed E-state index contributed by atoms with van der Waals surface area (Å²) in [6, 6.07) is 6.07. The molecule has 3 rings (SSSR count). The van der Waals surface area contributed by atoms with Crippen molar-refractivity contribution in [1.29, 1.82) is 0 Å². The molecular formula is C20H28N4O3. The Kier molecular flexibility index (Phi) is 5.68. The number of nitrogens with zero attached hydrogens (tertiary/aromatic N) is 2. The van der Waals surface area contributed by atoms with Gasteiger partial charge in [-0.05, 0) is 56.7 Å². The molecule has 7 nitrogen and oxygen atoms in total. The Hall–Kier alpha value is -2.57. The maximum Gasteiger partial charge on any atom is 0.317 e. The van der Waals surface area contributed by atoms with Gasteiger partial charge in [-0.3, -0.25) is 4.79 Å². The number of carbonyl (C=O) groups is 2. The monoisotopic (exact) mass is 372 g/mol. The van der Waals surface area contributed by atoms with Crippen molar-refractivity contribution in [3.8, 4) is 0 Å². The number of amides is 2. The summed E-state index contributed by atoms with van der Waals surface area (Å²) in [5.41, 5.74) is 3.07. The van der Waals surface area contributed by atoms with E-state index in [1.807, 2.05) is 32.9 Å². The van der Waals surface area contributed by atoms with Crippen LogP contribution in [0.1, 0.15) is 38.1 Å². The van der Waals surface area contributed by atoms with Gasteiger partial charge in [0, 0.05) is 32.0 Å². The number of aliphatic carboxylic acids is 1. The van der Waals surface area contributed by atoms with Crippen molar-refractivity contribution in [2.75, 3.05) is 13.1 Å². The fourth-order valence-corrected chi connectivity index (χ4v) is 3.85. The maximum absolute atomic E-state index is 12.4. The molecule has 0 radical (unpaired) electrons. The zero-order chi connectivity index (χ0) is 19.6. The summed E-state index contributed by atoms with van der Waals surface area (Å²) in [7, 11) is 0. The molecule has 27 heavy (non-hydrogen) atoms. The van der Waals surface area contributed by atoms with Crippen molar-refractivity contribution in [2.45, 2.75) is 46.1 Å². The van der Waals surface area contributed by atoms with Gasteiger partial charge in [0.25, 0.3) is 0 Å². The van der Waals surface area contributed by atoms with Crippen LogP contribution in [0.2, 0.25) is 0 Å². The van der Waals surface area contributed by atoms with E-state index in [1.54, 1.807) is 4.90 Å². The Bertz CT molecular complexity index is 830. The third-order valence-electron chi connectivity index (χ3n) is 5.17. The lowest BCUT2D eigenvalue weighted by Gasteiger charge is -2.38. The predicted octanol–water partition coefficient (Wildman–Crippen LogP) is 2.94. The van der Waals surface area contributed by atoms with Crippen LogP contribution in [0, 0.1) is 18.8 Å². The maximum atomic E-state index is 12.4. The number of rotatable bonds is 5. The number of carboxylic acids is 1. The number of urea groups is 1. The van der Waals surface area contributed by atoms with E-state index in [0.717, 1.165) is 22.4 Å². The van der Waals surface area contributed by atoms with E-state index in [-0.39, 0.29) is 30.3 Å². The number of fused-ring (bicyclic) bond motifs is 1. The van der Waals surface area contributed by atoms with Crippen LogP contribution < -0.4 is 5.32 Å². The van der Waals surface area contributed by atoms with Crippen LogP contribution >= 0.6 is 0 Å². The molecular weight excluding hydrogens is 344 g/mol. The van der Waals surface area contributed by atoms with Gasteiger partial charge in [-0.2, -0.15) is 0 Å². The summed E-state index contributed by atoms with van der Waals surface area (Å²) in [5, 5.41) is 12.2. The highest BCUT2D eigenvalue weighted by Gasteiger charge is 2.33. The highest BCUT2D eigenvalue weighted by atomic mass is 16.4. The molecule has 1 aliphatic heterocycles. The number of aryl methyl sites for hydroxylation is 1. The number of carboxylic acid groups (broad SMARTS) is 1. The lowest BCUT2D eigenvalue weighted by molar-refractivity contribution is -0.139. The first-order valence-corrected chi connectivity index (χ1v) is 9.54. The molecule has 1 fully saturated rings. The average Bonchev–Trinajstić information content (AvgIpc) is 2.96. The van der Waals surface area contributed by atoms with E-state index in [1.165, 1.54) is 0 Å². The molecule has 1 aromatic carbocycles. The summed E-state index contributed by atoms with van der Waals surface area (Å²) in [6.07, 6.45) is 1.46. The fraction of sp³-hybridized carbons (Fsp3) is 0.550. The van der Waals surface area contributed by atoms with Gasteiger partial charge in [-0.25, -0.2) is 9.78 Å². The van der Waals surface area contributed by atoms with Crippen LogP contribution in [-0.4, -0.2) is 51.1 Å². The van der Waals surface area contributed by atoms with E-state index in [0.29, 0.717) is 25.9 Å².